The Hall–Kier alpha value is -5.80. The number of rotatable bonds is 4. The summed E-state index contributed by atoms with van der Waals surface area (Å²) in [6.07, 6.45) is 12.0. The topological polar surface area (TPSA) is 6.48 Å². The van der Waals surface area contributed by atoms with Gasteiger partial charge in [0.1, 0.15) is 0 Å². The van der Waals surface area contributed by atoms with Gasteiger partial charge >= 0.3 is 0 Å². The first kappa shape index (κ1) is 49.5. The molecule has 0 amide bonds. The quantitative estimate of drug-likeness (QED) is 0.162. The molecule has 0 bridgehead atoms. The van der Waals surface area contributed by atoms with E-state index in [1.807, 2.05) is 0 Å². The van der Waals surface area contributed by atoms with E-state index in [4.69, 9.17) is 0 Å². The van der Waals surface area contributed by atoms with Crippen LogP contribution in [0.1, 0.15) is 208 Å². The van der Waals surface area contributed by atoms with Gasteiger partial charge in [-0.05, 0) is 239 Å². The molecule has 3 unspecified atom stereocenters. The van der Waals surface area contributed by atoms with Crippen molar-refractivity contribution in [2.75, 3.05) is 9.80 Å². The lowest BCUT2D eigenvalue weighted by molar-refractivity contribution is 0.0794. The van der Waals surface area contributed by atoms with E-state index in [1.165, 1.54) is 163 Å². The summed E-state index contributed by atoms with van der Waals surface area (Å²) < 4.78 is 0. The molecule has 2 aliphatic heterocycles. The molecule has 2 heterocycles. The SMILES string of the molecule is Cc1cc2c3c(c1)N(c1ccc4c(c1)C(C)(C)CCC4(C)C)c1cc4c(cc1B3c1ccc(CC3c5ccc(C(C)(C)C)cc5C5(C)CCCCC35C)cc1N2c1ccc2c(c1)-c1ccccc1C2)C(C)(C)CCC4(C)C. The van der Waals surface area contributed by atoms with Crippen molar-refractivity contribution >= 4 is 57.2 Å². The maximum Gasteiger partial charge on any atom is 0.252 e. The number of hydrogen-bond acceptors (Lipinski definition) is 2. The number of fused-ring (bicyclic) bond motifs is 12. The monoisotopic (exact) mass is 1010 g/mol. The molecule has 2 nitrogen and oxygen atoms in total. The average Bonchev–Trinajstić information content (AvgIpc) is 4.10. The van der Waals surface area contributed by atoms with Crippen molar-refractivity contribution in [3.05, 3.63) is 183 Å². The predicted molar refractivity (Wildman–Crippen MR) is 330 cm³/mol. The van der Waals surface area contributed by atoms with Crippen LogP contribution >= 0.6 is 0 Å². The Bertz CT molecular complexity index is 3670. The van der Waals surface area contributed by atoms with Gasteiger partial charge in [0.05, 0.1) is 0 Å². The fraction of sp³-hybridized carbons (Fsp3) is 0.432. The molecule has 77 heavy (non-hydrogen) atoms. The second-order valence-electron chi connectivity index (χ2n) is 29.9. The minimum Gasteiger partial charge on any atom is -0.311 e. The smallest absolute Gasteiger partial charge is 0.252 e. The first-order chi connectivity index (χ1) is 36.4. The first-order valence-corrected chi connectivity index (χ1v) is 30.0. The third-order valence-corrected chi connectivity index (χ3v) is 22.4. The van der Waals surface area contributed by atoms with Crippen molar-refractivity contribution in [3.63, 3.8) is 0 Å². The molecule has 1 saturated carbocycles. The van der Waals surface area contributed by atoms with Crippen LogP contribution in [0.4, 0.5) is 34.1 Å². The molecule has 0 N–H and O–H groups in total. The molecule has 0 spiro atoms. The van der Waals surface area contributed by atoms with E-state index in [2.05, 4.69) is 228 Å². The average molecular weight is 1010 g/mol. The van der Waals surface area contributed by atoms with Crippen molar-refractivity contribution in [1.29, 1.82) is 0 Å². The fourth-order valence-corrected chi connectivity index (χ4v) is 17.1. The fourth-order valence-electron chi connectivity index (χ4n) is 17.1. The van der Waals surface area contributed by atoms with E-state index in [0.717, 1.165) is 12.8 Å². The molecular formula is C74H83BN2. The Kier molecular flexibility index (Phi) is 10.4. The zero-order valence-corrected chi connectivity index (χ0v) is 49.2. The van der Waals surface area contributed by atoms with E-state index in [-0.39, 0.29) is 44.6 Å². The van der Waals surface area contributed by atoms with Crippen LogP contribution in [-0.2, 0) is 45.3 Å². The van der Waals surface area contributed by atoms with E-state index in [9.17, 15) is 0 Å². The number of anilines is 6. The van der Waals surface area contributed by atoms with Gasteiger partial charge < -0.3 is 9.80 Å². The number of nitrogens with zero attached hydrogens (tertiary/aromatic N) is 2. The van der Waals surface area contributed by atoms with Crippen LogP contribution < -0.4 is 26.2 Å². The maximum absolute atomic E-state index is 2.73. The van der Waals surface area contributed by atoms with Gasteiger partial charge in [-0.15, -0.1) is 0 Å². The minimum atomic E-state index is 0.0589. The van der Waals surface area contributed by atoms with Crippen molar-refractivity contribution < 1.29 is 0 Å². The number of hydrogen-bond donors (Lipinski definition) is 0. The molecule has 0 saturated heterocycles. The lowest BCUT2D eigenvalue weighted by Crippen LogP contribution is -2.62. The van der Waals surface area contributed by atoms with E-state index in [0.29, 0.717) is 5.92 Å². The lowest BCUT2D eigenvalue weighted by Gasteiger charge is -2.49. The first-order valence-electron chi connectivity index (χ1n) is 30.0. The predicted octanol–water partition coefficient (Wildman–Crippen LogP) is 17.8. The van der Waals surface area contributed by atoms with Crippen LogP contribution in [0, 0.1) is 12.3 Å². The van der Waals surface area contributed by atoms with Gasteiger partial charge in [-0.1, -0.05) is 176 Å². The van der Waals surface area contributed by atoms with Gasteiger partial charge in [0.25, 0.3) is 6.71 Å². The minimum absolute atomic E-state index is 0.0589. The second kappa shape index (κ2) is 16.2. The van der Waals surface area contributed by atoms with E-state index in [1.54, 1.807) is 11.1 Å². The standard InChI is InChI=1S/C74H83BN2/c1-45-35-65-67-66(36-45)77(51-25-27-55-58(42-51)70(7,8)32-31-69(55,5)6)64-44-60-59(71(9,10)33-34-72(60,11)12)43-62(64)75(67)61-28-21-46(38-63(61)76(65)50-24-22-48-39-47-19-15-16-20-52(47)54(48)41-50)37-56-53-26-23-49(68(2,3)4)40-57(53)74(14)30-18-17-29-73(56,74)13/h15-16,19-28,35-36,38,40-44,56H,17-18,29-34,37,39H2,1-14H3. The highest BCUT2D eigenvalue weighted by molar-refractivity contribution is 7.00. The van der Waals surface area contributed by atoms with Gasteiger partial charge in [0.15, 0.2) is 0 Å². The lowest BCUT2D eigenvalue weighted by atomic mass is 9.33. The third kappa shape index (κ3) is 7.05. The van der Waals surface area contributed by atoms with Gasteiger partial charge in [0, 0.05) is 34.1 Å². The molecule has 392 valence electrons. The molecule has 3 atom stereocenters. The van der Waals surface area contributed by atoms with E-state index < -0.39 is 0 Å². The van der Waals surface area contributed by atoms with Crippen molar-refractivity contribution in [2.24, 2.45) is 5.41 Å². The highest BCUT2D eigenvalue weighted by Crippen LogP contribution is 2.66. The molecule has 0 radical (unpaired) electrons. The molecule has 1 fully saturated rings. The molecular weight excluding hydrogens is 928 g/mol. The van der Waals surface area contributed by atoms with Gasteiger partial charge in [-0.25, -0.2) is 0 Å². The van der Waals surface area contributed by atoms with Crippen LogP contribution in [0.25, 0.3) is 11.1 Å². The molecule has 7 aromatic carbocycles. The van der Waals surface area contributed by atoms with Crippen molar-refractivity contribution in [2.45, 2.75) is 200 Å². The summed E-state index contributed by atoms with van der Waals surface area (Å²) in [6, 6.07) is 50.2. The number of benzene rings is 7. The van der Waals surface area contributed by atoms with Crippen LogP contribution in [0.15, 0.2) is 121 Å². The zero-order chi connectivity index (χ0) is 53.7. The Labute approximate surface area is 463 Å². The Balaban J connectivity index is 1.02. The summed E-state index contributed by atoms with van der Waals surface area (Å²) in [5.41, 5.74) is 32.1. The maximum atomic E-state index is 2.73. The van der Waals surface area contributed by atoms with Crippen LogP contribution in [-0.4, -0.2) is 6.71 Å². The van der Waals surface area contributed by atoms with Gasteiger partial charge in [-0.3, -0.25) is 0 Å². The summed E-state index contributed by atoms with van der Waals surface area (Å²) in [5.74, 6) is 0.442. The zero-order valence-electron chi connectivity index (χ0n) is 49.2. The molecule has 0 aromatic heterocycles. The third-order valence-electron chi connectivity index (χ3n) is 22.4. The molecule has 7 aliphatic rings. The molecule has 3 heteroatoms. The van der Waals surface area contributed by atoms with Gasteiger partial charge in [-0.2, -0.15) is 0 Å². The Morgan fingerprint density at radius 3 is 1.79 bits per heavy atom. The summed E-state index contributed by atoms with van der Waals surface area (Å²) in [5, 5.41) is 0. The van der Waals surface area contributed by atoms with E-state index >= 15 is 0 Å². The largest absolute Gasteiger partial charge is 0.311 e. The van der Waals surface area contributed by atoms with Gasteiger partial charge in [0.2, 0.25) is 0 Å². The Morgan fingerprint density at radius 2 is 1.09 bits per heavy atom. The molecule has 14 rings (SSSR count). The van der Waals surface area contributed by atoms with Crippen LogP contribution in [0.2, 0.25) is 0 Å². The van der Waals surface area contributed by atoms with Crippen molar-refractivity contribution in [1.82, 2.24) is 0 Å². The Morgan fingerprint density at radius 1 is 0.494 bits per heavy atom. The van der Waals surface area contributed by atoms with Crippen LogP contribution in [0.3, 0.4) is 0 Å². The number of aryl methyl sites for hydroxylation is 1. The van der Waals surface area contributed by atoms with Crippen LogP contribution in [0.5, 0.6) is 0 Å². The molecule has 5 aliphatic carbocycles. The summed E-state index contributed by atoms with van der Waals surface area (Å²) in [7, 11) is 0. The highest BCUT2D eigenvalue weighted by Gasteiger charge is 2.58. The van der Waals surface area contributed by atoms with Crippen molar-refractivity contribution in [3.8, 4) is 11.1 Å². The summed E-state index contributed by atoms with van der Waals surface area (Å²) in [4.78, 5) is 5.45. The summed E-state index contributed by atoms with van der Waals surface area (Å²) in [6.45, 7) is 34.8. The molecule has 7 aromatic rings. The summed E-state index contributed by atoms with van der Waals surface area (Å²) >= 11 is 0. The normalized spacial score (nSPS) is 24.1. The highest BCUT2D eigenvalue weighted by atomic mass is 15.2. The second-order valence-corrected chi connectivity index (χ2v) is 29.9.